The summed E-state index contributed by atoms with van der Waals surface area (Å²) in [5.74, 6) is -0.248. The van der Waals surface area contributed by atoms with Crippen LogP contribution in [0, 0.1) is 13.8 Å². The monoisotopic (exact) mass is 465 g/mol. The minimum atomic E-state index is -3.60. The van der Waals surface area contributed by atoms with Gasteiger partial charge in [0.1, 0.15) is 4.21 Å². The molecule has 0 N–H and O–H groups in total. The molecular formula is C19H20ClN5O3S2. The van der Waals surface area contributed by atoms with Crippen LogP contribution in [0.1, 0.15) is 21.7 Å². The molecule has 3 aromatic rings. The van der Waals surface area contributed by atoms with Crippen molar-refractivity contribution in [2.45, 2.75) is 18.1 Å². The zero-order valence-electron chi connectivity index (χ0n) is 16.4. The van der Waals surface area contributed by atoms with Crippen LogP contribution in [0.15, 0.2) is 40.6 Å². The molecule has 0 radical (unpaired) electrons. The zero-order valence-corrected chi connectivity index (χ0v) is 18.8. The molecule has 0 aliphatic carbocycles. The second-order valence-electron chi connectivity index (χ2n) is 7.03. The first-order valence-electron chi connectivity index (χ1n) is 9.31. The van der Waals surface area contributed by atoms with E-state index in [1.165, 1.54) is 10.4 Å². The van der Waals surface area contributed by atoms with Crippen molar-refractivity contribution >= 4 is 38.9 Å². The lowest BCUT2D eigenvalue weighted by Gasteiger charge is -2.33. The Morgan fingerprint density at radius 3 is 2.47 bits per heavy atom. The first kappa shape index (κ1) is 21.0. The molecule has 0 atom stereocenters. The van der Waals surface area contributed by atoms with Crippen LogP contribution in [0.25, 0.3) is 5.69 Å². The van der Waals surface area contributed by atoms with E-state index >= 15 is 0 Å². The Kier molecular flexibility index (Phi) is 5.67. The predicted molar refractivity (Wildman–Crippen MR) is 115 cm³/mol. The van der Waals surface area contributed by atoms with Gasteiger partial charge in [-0.1, -0.05) is 28.9 Å². The number of hydrogen-bond acceptors (Lipinski definition) is 6. The second-order valence-corrected chi connectivity index (χ2v) is 10.9. The number of sulfonamides is 1. The number of hydrogen-bond donors (Lipinski definition) is 0. The van der Waals surface area contributed by atoms with Gasteiger partial charge in [-0.25, -0.2) is 13.1 Å². The zero-order chi connectivity index (χ0) is 21.5. The number of aryl methyl sites for hydroxylation is 1. The maximum absolute atomic E-state index is 13.0. The number of rotatable bonds is 4. The third-order valence-corrected chi connectivity index (χ3v) is 8.61. The highest BCUT2D eigenvalue weighted by atomic mass is 35.5. The van der Waals surface area contributed by atoms with Gasteiger partial charge in [0, 0.05) is 26.2 Å². The highest BCUT2D eigenvalue weighted by Gasteiger charge is 2.32. The number of carbonyl (C=O) groups excluding carboxylic acids is 1. The van der Waals surface area contributed by atoms with Crippen molar-refractivity contribution in [2.24, 2.45) is 0 Å². The molecule has 30 heavy (non-hydrogen) atoms. The molecule has 0 saturated carbocycles. The summed E-state index contributed by atoms with van der Waals surface area (Å²) in [6.45, 7) is 4.79. The van der Waals surface area contributed by atoms with Crippen molar-refractivity contribution in [3.8, 4) is 5.69 Å². The topological polar surface area (TPSA) is 88.4 Å². The highest BCUT2D eigenvalue weighted by Crippen LogP contribution is 2.28. The first-order chi connectivity index (χ1) is 14.3. The summed E-state index contributed by atoms with van der Waals surface area (Å²) in [6.07, 6.45) is 0. The fourth-order valence-electron chi connectivity index (χ4n) is 3.38. The van der Waals surface area contributed by atoms with Crippen molar-refractivity contribution in [3.63, 3.8) is 0 Å². The lowest BCUT2D eigenvalue weighted by atomic mass is 10.2. The summed E-state index contributed by atoms with van der Waals surface area (Å²) < 4.78 is 29.1. The summed E-state index contributed by atoms with van der Waals surface area (Å²) >= 11 is 6.91. The van der Waals surface area contributed by atoms with E-state index in [4.69, 9.17) is 11.6 Å². The largest absolute Gasteiger partial charge is 0.335 e. The molecule has 1 saturated heterocycles. The fraction of sp³-hybridized carbons (Fsp3) is 0.316. The Balaban J connectivity index is 1.48. The second kappa shape index (κ2) is 8.10. The number of aromatic nitrogens is 3. The van der Waals surface area contributed by atoms with Gasteiger partial charge in [0.25, 0.3) is 15.9 Å². The molecular weight excluding hydrogens is 446 g/mol. The quantitative estimate of drug-likeness (QED) is 0.591. The molecule has 0 spiro atoms. The molecule has 11 heteroatoms. The van der Waals surface area contributed by atoms with Gasteiger partial charge in [0.15, 0.2) is 5.69 Å². The number of thiophene rings is 1. The van der Waals surface area contributed by atoms with Crippen molar-refractivity contribution in [3.05, 3.63) is 57.7 Å². The third-order valence-electron chi connectivity index (χ3n) is 5.01. The molecule has 4 rings (SSSR count). The van der Waals surface area contributed by atoms with E-state index in [0.717, 1.165) is 22.6 Å². The van der Waals surface area contributed by atoms with E-state index < -0.39 is 10.0 Å². The number of carbonyl (C=O) groups is 1. The van der Waals surface area contributed by atoms with E-state index in [9.17, 15) is 13.2 Å². The summed E-state index contributed by atoms with van der Waals surface area (Å²) in [5, 5.41) is 8.23. The highest BCUT2D eigenvalue weighted by molar-refractivity contribution is 7.91. The lowest BCUT2D eigenvalue weighted by Crippen LogP contribution is -2.50. The Bertz CT molecular complexity index is 1200. The molecule has 1 aliphatic rings. The Labute approximate surface area is 183 Å². The first-order valence-corrected chi connectivity index (χ1v) is 11.9. The average molecular weight is 466 g/mol. The number of halogens is 1. The SMILES string of the molecule is Cc1cccc(-n2nnc(C(=O)N3CCN(S(=O)(=O)c4ccc(Cl)s4)CC3)c2C)c1. The van der Waals surface area contributed by atoms with E-state index in [1.54, 1.807) is 22.6 Å². The van der Waals surface area contributed by atoms with E-state index in [1.807, 2.05) is 31.2 Å². The maximum atomic E-state index is 13.0. The molecule has 0 unspecified atom stereocenters. The van der Waals surface area contributed by atoms with Gasteiger partial charge >= 0.3 is 0 Å². The van der Waals surface area contributed by atoms with Gasteiger partial charge in [-0.15, -0.1) is 16.4 Å². The van der Waals surface area contributed by atoms with E-state index in [-0.39, 0.29) is 42.0 Å². The standard InChI is InChI=1S/C19H20ClN5O3S2/c1-13-4-3-5-15(12-13)25-14(2)18(21-22-25)19(26)23-8-10-24(11-9-23)30(27,28)17-7-6-16(20)29-17/h3-7,12H,8-11H2,1-2H3. The number of nitrogens with zero attached hydrogens (tertiary/aromatic N) is 5. The number of piperazine rings is 1. The maximum Gasteiger partial charge on any atom is 0.276 e. The molecule has 1 fully saturated rings. The van der Waals surface area contributed by atoms with Gasteiger partial charge in [0.2, 0.25) is 0 Å². The Morgan fingerprint density at radius 2 is 1.83 bits per heavy atom. The molecule has 3 heterocycles. The Morgan fingerprint density at radius 1 is 1.10 bits per heavy atom. The normalized spacial score (nSPS) is 15.5. The molecule has 1 aliphatic heterocycles. The molecule has 158 valence electrons. The molecule has 1 aromatic carbocycles. The molecule has 1 amide bonds. The molecule has 0 bridgehead atoms. The van der Waals surface area contributed by atoms with Gasteiger partial charge < -0.3 is 4.90 Å². The molecule has 8 nitrogen and oxygen atoms in total. The van der Waals surface area contributed by atoms with Crippen LogP contribution in [0.3, 0.4) is 0 Å². The van der Waals surface area contributed by atoms with Gasteiger partial charge in [-0.05, 0) is 43.7 Å². The van der Waals surface area contributed by atoms with Crippen molar-refractivity contribution in [2.75, 3.05) is 26.2 Å². The average Bonchev–Trinajstić information content (AvgIpc) is 3.34. The predicted octanol–water partition coefficient (Wildman–Crippen LogP) is 2.75. The number of benzene rings is 1. The van der Waals surface area contributed by atoms with Crippen molar-refractivity contribution in [1.82, 2.24) is 24.2 Å². The molecule has 2 aromatic heterocycles. The van der Waals surface area contributed by atoms with Crippen LogP contribution < -0.4 is 0 Å². The summed E-state index contributed by atoms with van der Waals surface area (Å²) in [6, 6.07) is 10.9. The van der Waals surface area contributed by atoms with E-state index in [2.05, 4.69) is 10.3 Å². The van der Waals surface area contributed by atoms with Gasteiger partial charge in [-0.2, -0.15) is 4.31 Å². The van der Waals surface area contributed by atoms with Crippen LogP contribution in [0.2, 0.25) is 4.34 Å². The number of amides is 1. The van der Waals surface area contributed by atoms with E-state index in [0.29, 0.717) is 10.0 Å². The van der Waals surface area contributed by atoms with Crippen molar-refractivity contribution in [1.29, 1.82) is 0 Å². The smallest absolute Gasteiger partial charge is 0.276 e. The van der Waals surface area contributed by atoms with Crippen LogP contribution in [-0.4, -0.2) is 64.7 Å². The summed E-state index contributed by atoms with van der Waals surface area (Å²) in [4.78, 5) is 14.6. The Hall–Kier alpha value is -2.27. The fourth-order valence-corrected chi connectivity index (χ4v) is 6.44. The van der Waals surface area contributed by atoms with Crippen LogP contribution >= 0.6 is 22.9 Å². The van der Waals surface area contributed by atoms with Crippen LogP contribution in [0.5, 0.6) is 0 Å². The van der Waals surface area contributed by atoms with Crippen molar-refractivity contribution < 1.29 is 13.2 Å². The summed E-state index contributed by atoms with van der Waals surface area (Å²) in [7, 11) is -3.60. The minimum absolute atomic E-state index is 0.212. The third kappa shape index (κ3) is 3.87. The van der Waals surface area contributed by atoms with Gasteiger partial charge in [0.05, 0.1) is 15.7 Å². The van der Waals surface area contributed by atoms with Crippen LogP contribution in [-0.2, 0) is 10.0 Å². The lowest BCUT2D eigenvalue weighted by molar-refractivity contribution is 0.0691. The summed E-state index contributed by atoms with van der Waals surface area (Å²) in [5.41, 5.74) is 2.84. The van der Waals surface area contributed by atoms with Crippen LogP contribution in [0.4, 0.5) is 0 Å². The van der Waals surface area contributed by atoms with Gasteiger partial charge in [-0.3, -0.25) is 4.79 Å². The minimum Gasteiger partial charge on any atom is -0.335 e.